The van der Waals surface area contributed by atoms with Gasteiger partial charge in [0.25, 0.3) is 5.91 Å². The van der Waals surface area contributed by atoms with Gasteiger partial charge in [-0.05, 0) is 51.5 Å². The Hall–Kier alpha value is -1.55. The van der Waals surface area contributed by atoms with Gasteiger partial charge in [0.2, 0.25) is 0 Å². The molecular weight excluding hydrogens is 250 g/mol. The molecule has 1 amide bonds. The first kappa shape index (κ1) is 14.9. The molecule has 0 unspecified atom stereocenters. The predicted molar refractivity (Wildman–Crippen MR) is 82.8 cm³/mol. The van der Waals surface area contributed by atoms with Crippen molar-refractivity contribution in [1.82, 2.24) is 9.80 Å². The Labute approximate surface area is 121 Å². The maximum absolute atomic E-state index is 12.5. The summed E-state index contributed by atoms with van der Waals surface area (Å²) in [6.07, 6.45) is 0. The third kappa shape index (κ3) is 3.31. The Morgan fingerprint density at radius 1 is 1.10 bits per heavy atom. The van der Waals surface area contributed by atoms with Gasteiger partial charge in [0.15, 0.2) is 0 Å². The molecule has 0 aliphatic carbocycles. The van der Waals surface area contributed by atoms with Crippen molar-refractivity contribution in [3.8, 4) is 0 Å². The smallest absolute Gasteiger partial charge is 0.254 e. The second-order valence-corrected chi connectivity index (χ2v) is 6.58. The van der Waals surface area contributed by atoms with Crippen LogP contribution in [0, 0.1) is 6.92 Å². The first-order chi connectivity index (χ1) is 9.27. The van der Waals surface area contributed by atoms with E-state index in [4.69, 9.17) is 5.73 Å². The molecule has 20 heavy (non-hydrogen) atoms. The maximum atomic E-state index is 12.5. The number of nitrogen functional groups attached to an aromatic ring is 1. The van der Waals surface area contributed by atoms with Crippen LogP contribution in [0.1, 0.15) is 36.7 Å². The fraction of sp³-hybridized carbons (Fsp3) is 0.562. The van der Waals surface area contributed by atoms with Gasteiger partial charge in [-0.25, -0.2) is 0 Å². The summed E-state index contributed by atoms with van der Waals surface area (Å²) >= 11 is 0. The Kier molecular flexibility index (Phi) is 4.04. The van der Waals surface area contributed by atoms with E-state index in [0.29, 0.717) is 11.3 Å². The number of hydrogen-bond donors (Lipinski definition) is 1. The van der Waals surface area contributed by atoms with Gasteiger partial charge in [0.05, 0.1) is 0 Å². The first-order valence-electron chi connectivity index (χ1n) is 7.19. The standard InChI is InChI=1S/C16H25N3O/c1-12-9-13(11-14(17)10-12)15(20)18-5-7-19(8-6-18)16(2,3)4/h9-11H,5-8,17H2,1-4H3. The van der Waals surface area contributed by atoms with E-state index in [9.17, 15) is 4.79 Å². The Morgan fingerprint density at radius 3 is 2.20 bits per heavy atom. The second-order valence-electron chi connectivity index (χ2n) is 6.58. The van der Waals surface area contributed by atoms with Crippen molar-refractivity contribution in [2.24, 2.45) is 0 Å². The van der Waals surface area contributed by atoms with Crippen molar-refractivity contribution in [3.63, 3.8) is 0 Å². The summed E-state index contributed by atoms with van der Waals surface area (Å²) in [6.45, 7) is 12.0. The van der Waals surface area contributed by atoms with Gasteiger partial charge in [-0.2, -0.15) is 0 Å². The van der Waals surface area contributed by atoms with Gasteiger partial charge >= 0.3 is 0 Å². The molecule has 1 saturated heterocycles. The van der Waals surface area contributed by atoms with Crippen LogP contribution in [0.3, 0.4) is 0 Å². The lowest BCUT2D eigenvalue weighted by Gasteiger charge is -2.42. The average molecular weight is 275 g/mol. The lowest BCUT2D eigenvalue weighted by Crippen LogP contribution is -2.54. The Bertz CT molecular complexity index is 477. The lowest BCUT2D eigenvalue weighted by atomic mass is 10.0. The molecule has 0 radical (unpaired) electrons. The molecular formula is C16H25N3O. The highest BCUT2D eigenvalue weighted by Crippen LogP contribution is 2.18. The largest absolute Gasteiger partial charge is 0.399 e. The van der Waals surface area contributed by atoms with E-state index in [1.807, 2.05) is 24.0 Å². The summed E-state index contributed by atoms with van der Waals surface area (Å²) in [4.78, 5) is 16.9. The van der Waals surface area contributed by atoms with Crippen LogP contribution in [-0.2, 0) is 0 Å². The molecule has 4 nitrogen and oxygen atoms in total. The van der Waals surface area contributed by atoms with E-state index in [-0.39, 0.29) is 11.4 Å². The van der Waals surface area contributed by atoms with Crippen LogP contribution in [0.2, 0.25) is 0 Å². The van der Waals surface area contributed by atoms with Crippen LogP contribution in [-0.4, -0.2) is 47.4 Å². The third-order valence-corrected chi connectivity index (χ3v) is 3.86. The molecule has 4 heteroatoms. The number of rotatable bonds is 1. The van der Waals surface area contributed by atoms with Crippen LogP contribution in [0.4, 0.5) is 5.69 Å². The number of hydrogen-bond acceptors (Lipinski definition) is 3. The average Bonchev–Trinajstić information content (AvgIpc) is 2.36. The monoisotopic (exact) mass is 275 g/mol. The number of benzene rings is 1. The van der Waals surface area contributed by atoms with Crippen LogP contribution < -0.4 is 5.73 Å². The van der Waals surface area contributed by atoms with Gasteiger partial charge in [0, 0.05) is 43.0 Å². The second kappa shape index (κ2) is 5.44. The Morgan fingerprint density at radius 2 is 1.70 bits per heavy atom. The molecule has 1 aliphatic rings. The summed E-state index contributed by atoms with van der Waals surface area (Å²) in [5, 5.41) is 0. The number of nitrogens with two attached hydrogens (primary N) is 1. The molecule has 0 spiro atoms. The summed E-state index contributed by atoms with van der Waals surface area (Å²) < 4.78 is 0. The lowest BCUT2D eigenvalue weighted by molar-refractivity contribution is 0.0451. The molecule has 110 valence electrons. The molecule has 0 bridgehead atoms. The van der Waals surface area contributed by atoms with Crippen molar-refractivity contribution in [2.75, 3.05) is 31.9 Å². The fourth-order valence-electron chi connectivity index (χ4n) is 2.70. The molecule has 1 heterocycles. The van der Waals surface area contributed by atoms with E-state index in [1.54, 1.807) is 6.07 Å². The molecule has 2 N–H and O–H groups in total. The SMILES string of the molecule is Cc1cc(N)cc(C(=O)N2CCN(C(C)(C)C)CC2)c1. The molecule has 1 aromatic rings. The third-order valence-electron chi connectivity index (χ3n) is 3.86. The minimum atomic E-state index is 0.0916. The topological polar surface area (TPSA) is 49.6 Å². The normalized spacial score (nSPS) is 17.3. The molecule has 1 fully saturated rings. The highest BCUT2D eigenvalue weighted by atomic mass is 16.2. The molecule has 1 aliphatic heterocycles. The quantitative estimate of drug-likeness (QED) is 0.799. The van der Waals surface area contributed by atoms with Gasteiger partial charge < -0.3 is 10.6 Å². The summed E-state index contributed by atoms with van der Waals surface area (Å²) in [7, 11) is 0. The number of anilines is 1. The first-order valence-corrected chi connectivity index (χ1v) is 7.19. The highest BCUT2D eigenvalue weighted by Gasteiger charge is 2.28. The van der Waals surface area contributed by atoms with Gasteiger partial charge in [-0.3, -0.25) is 9.69 Å². The van der Waals surface area contributed by atoms with Crippen molar-refractivity contribution >= 4 is 11.6 Å². The van der Waals surface area contributed by atoms with E-state index in [2.05, 4.69) is 25.7 Å². The van der Waals surface area contributed by atoms with Crippen molar-refractivity contribution in [1.29, 1.82) is 0 Å². The number of piperazine rings is 1. The fourth-order valence-corrected chi connectivity index (χ4v) is 2.70. The Balaban J connectivity index is 2.05. The number of nitrogens with zero attached hydrogens (tertiary/aromatic N) is 2. The summed E-state index contributed by atoms with van der Waals surface area (Å²) in [5.41, 5.74) is 8.38. The highest BCUT2D eigenvalue weighted by molar-refractivity contribution is 5.95. The van der Waals surface area contributed by atoms with E-state index < -0.39 is 0 Å². The van der Waals surface area contributed by atoms with Gasteiger partial charge in [-0.1, -0.05) is 0 Å². The predicted octanol–water partition coefficient (Wildman–Crippen LogP) is 2.13. The van der Waals surface area contributed by atoms with E-state index in [1.165, 1.54) is 0 Å². The minimum absolute atomic E-state index is 0.0916. The molecule has 1 aromatic carbocycles. The summed E-state index contributed by atoms with van der Waals surface area (Å²) in [5.74, 6) is 0.0916. The number of carbonyl (C=O) groups excluding carboxylic acids is 1. The van der Waals surface area contributed by atoms with Crippen molar-refractivity contribution in [3.05, 3.63) is 29.3 Å². The van der Waals surface area contributed by atoms with Gasteiger partial charge in [0.1, 0.15) is 0 Å². The van der Waals surface area contributed by atoms with Gasteiger partial charge in [-0.15, -0.1) is 0 Å². The zero-order chi connectivity index (χ0) is 14.9. The number of aryl methyl sites for hydroxylation is 1. The minimum Gasteiger partial charge on any atom is -0.399 e. The number of amides is 1. The molecule has 0 atom stereocenters. The van der Waals surface area contributed by atoms with Crippen LogP contribution in [0.25, 0.3) is 0 Å². The van der Waals surface area contributed by atoms with Crippen LogP contribution in [0.5, 0.6) is 0 Å². The van der Waals surface area contributed by atoms with Crippen LogP contribution in [0.15, 0.2) is 18.2 Å². The molecule has 0 saturated carbocycles. The van der Waals surface area contributed by atoms with Crippen molar-refractivity contribution < 1.29 is 4.79 Å². The maximum Gasteiger partial charge on any atom is 0.254 e. The zero-order valence-electron chi connectivity index (χ0n) is 12.9. The van der Waals surface area contributed by atoms with E-state index >= 15 is 0 Å². The zero-order valence-corrected chi connectivity index (χ0v) is 12.9. The van der Waals surface area contributed by atoms with Crippen molar-refractivity contribution in [2.45, 2.75) is 33.2 Å². The van der Waals surface area contributed by atoms with E-state index in [0.717, 1.165) is 31.7 Å². The molecule has 0 aromatic heterocycles. The summed E-state index contributed by atoms with van der Waals surface area (Å²) in [6, 6.07) is 5.56. The van der Waals surface area contributed by atoms with Crippen LogP contribution >= 0.6 is 0 Å². The molecule has 2 rings (SSSR count). The number of carbonyl (C=O) groups is 1.